The van der Waals surface area contributed by atoms with Crippen molar-refractivity contribution in [3.8, 4) is 0 Å². The molecule has 0 bridgehead atoms. The number of aliphatic hydroxyl groups is 1. The Balaban J connectivity index is 3.15. The zero-order valence-corrected chi connectivity index (χ0v) is 11.6. The van der Waals surface area contributed by atoms with Gasteiger partial charge in [-0.15, -0.1) is 0 Å². The summed E-state index contributed by atoms with van der Waals surface area (Å²) in [4.78, 5) is 23.5. The van der Waals surface area contributed by atoms with E-state index < -0.39 is 11.9 Å². The summed E-state index contributed by atoms with van der Waals surface area (Å²) in [5.41, 5.74) is 2.19. The number of carbonyl (C=O) groups is 2. The molecule has 1 rings (SSSR count). The van der Waals surface area contributed by atoms with Gasteiger partial charge in [-0.1, -0.05) is 13.0 Å². The van der Waals surface area contributed by atoms with Crippen LogP contribution in [0.5, 0.6) is 0 Å². The van der Waals surface area contributed by atoms with E-state index in [2.05, 4.69) is 0 Å². The molecular weight excluding hydrogens is 244 g/mol. The number of carbonyl (C=O) groups excluding carboxylic acids is 2. The molecule has 4 nitrogen and oxygen atoms in total. The highest BCUT2D eigenvalue weighted by atomic mass is 16.6. The van der Waals surface area contributed by atoms with E-state index in [1.807, 2.05) is 13.8 Å². The Morgan fingerprint density at radius 3 is 2.47 bits per heavy atom. The molecule has 102 valence electrons. The second-order valence-corrected chi connectivity index (χ2v) is 4.33. The maximum absolute atomic E-state index is 11.9. The van der Waals surface area contributed by atoms with Crippen molar-refractivity contribution in [2.45, 2.75) is 34.1 Å². The summed E-state index contributed by atoms with van der Waals surface area (Å²) in [6.07, 6.45) is 1.96. The van der Waals surface area contributed by atoms with Crippen molar-refractivity contribution >= 4 is 11.8 Å². The highest BCUT2D eigenvalue weighted by molar-refractivity contribution is 6.01. The lowest BCUT2D eigenvalue weighted by molar-refractivity contribution is 0.0443. The maximum Gasteiger partial charge on any atom is 0.346 e. The lowest BCUT2D eigenvalue weighted by Crippen LogP contribution is -2.11. The highest BCUT2D eigenvalue weighted by Gasteiger charge is 2.18. The molecule has 19 heavy (non-hydrogen) atoms. The fourth-order valence-corrected chi connectivity index (χ4v) is 1.98. The van der Waals surface area contributed by atoms with Crippen LogP contribution < -0.4 is 0 Å². The van der Waals surface area contributed by atoms with E-state index in [0.717, 1.165) is 5.56 Å². The summed E-state index contributed by atoms with van der Waals surface area (Å²) >= 11 is 0. The first-order valence-electron chi connectivity index (χ1n) is 6.10. The maximum atomic E-state index is 11.9. The molecule has 4 heteroatoms. The van der Waals surface area contributed by atoms with Gasteiger partial charge in [-0.3, -0.25) is 4.79 Å². The molecule has 0 fully saturated rings. The zero-order chi connectivity index (χ0) is 14.6. The zero-order valence-electron chi connectivity index (χ0n) is 11.6. The Morgan fingerprint density at radius 1 is 1.32 bits per heavy atom. The summed E-state index contributed by atoms with van der Waals surface area (Å²) in [5.74, 6) is -1.18. The Bertz CT molecular complexity index is 541. The number of esters is 1. The average Bonchev–Trinajstić information content (AvgIpc) is 2.28. The van der Waals surface area contributed by atoms with E-state index in [-0.39, 0.29) is 11.3 Å². The minimum Gasteiger partial charge on any atom is -0.481 e. The van der Waals surface area contributed by atoms with Crippen LogP contribution in [-0.4, -0.2) is 16.9 Å². The van der Waals surface area contributed by atoms with Gasteiger partial charge in [0, 0.05) is 5.56 Å². The van der Waals surface area contributed by atoms with Crippen LogP contribution in [0.4, 0.5) is 0 Å². The van der Waals surface area contributed by atoms with Gasteiger partial charge in [0.05, 0.1) is 5.56 Å². The lowest BCUT2D eigenvalue weighted by atomic mass is 9.95. The van der Waals surface area contributed by atoms with Gasteiger partial charge in [-0.2, -0.15) is 0 Å². The van der Waals surface area contributed by atoms with Crippen LogP contribution in [0.1, 0.15) is 52.1 Å². The Hall–Kier alpha value is -2.10. The van der Waals surface area contributed by atoms with Crippen LogP contribution in [-0.2, 0) is 4.74 Å². The van der Waals surface area contributed by atoms with Crippen molar-refractivity contribution in [2.75, 3.05) is 0 Å². The number of ketones is 1. The Labute approximate surface area is 112 Å². The van der Waals surface area contributed by atoms with Gasteiger partial charge in [0.2, 0.25) is 0 Å². The average molecular weight is 262 g/mol. The molecule has 0 saturated carbocycles. The molecule has 0 heterocycles. The highest BCUT2D eigenvalue weighted by Crippen LogP contribution is 2.20. The van der Waals surface area contributed by atoms with E-state index in [0.29, 0.717) is 17.5 Å². The van der Waals surface area contributed by atoms with Gasteiger partial charge in [-0.05, 0) is 50.5 Å². The van der Waals surface area contributed by atoms with Gasteiger partial charge < -0.3 is 9.84 Å². The number of ether oxygens (including phenoxy) is 1. The van der Waals surface area contributed by atoms with Crippen LogP contribution in [0.2, 0.25) is 0 Å². The second-order valence-electron chi connectivity index (χ2n) is 4.33. The first-order valence-corrected chi connectivity index (χ1v) is 6.10. The second kappa shape index (κ2) is 6.18. The van der Waals surface area contributed by atoms with E-state index in [1.54, 1.807) is 19.1 Å². The van der Waals surface area contributed by atoms with E-state index in [1.165, 1.54) is 13.0 Å². The number of allylic oxidation sites excluding steroid dienone is 1. The largest absolute Gasteiger partial charge is 0.481 e. The molecule has 1 aromatic rings. The Kier molecular flexibility index (Phi) is 4.87. The van der Waals surface area contributed by atoms with E-state index in [4.69, 9.17) is 4.74 Å². The fourth-order valence-electron chi connectivity index (χ4n) is 1.98. The number of benzene rings is 1. The topological polar surface area (TPSA) is 63.6 Å². The molecule has 1 N–H and O–H groups in total. The van der Waals surface area contributed by atoms with Crippen LogP contribution >= 0.6 is 0 Å². The third kappa shape index (κ3) is 3.44. The van der Waals surface area contributed by atoms with Gasteiger partial charge in [0.25, 0.3) is 5.95 Å². The molecule has 0 aliphatic rings. The van der Waals surface area contributed by atoms with Gasteiger partial charge in [-0.25, -0.2) is 4.79 Å². The van der Waals surface area contributed by atoms with Crippen molar-refractivity contribution in [1.82, 2.24) is 0 Å². The van der Waals surface area contributed by atoms with Crippen LogP contribution in [0.25, 0.3) is 0 Å². The molecule has 0 aliphatic carbocycles. The lowest BCUT2D eigenvalue weighted by Gasteiger charge is -2.11. The molecule has 0 amide bonds. The molecule has 0 spiro atoms. The number of aryl methyl sites for hydroxylation is 1. The summed E-state index contributed by atoms with van der Waals surface area (Å²) in [6.45, 7) is 6.78. The molecule has 0 atom stereocenters. The SMILES string of the molecule is CCC=C(O)OC(=O)c1ccc(C)c(C(C)=O)c1C. The number of hydrogen-bond donors (Lipinski definition) is 1. The number of aliphatic hydroxyl groups excluding tert-OH is 1. The van der Waals surface area contributed by atoms with Crippen LogP contribution in [0.3, 0.4) is 0 Å². The van der Waals surface area contributed by atoms with Crippen LogP contribution in [0.15, 0.2) is 24.2 Å². The molecule has 0 aliphatic heterocycles. The first kappa shape index (κ1) is 15.0. The number of rotatable bonds is 4. The molecule has 0 saturated heterocycles. The van der Waals surface area contributed by atoms with Crippen molar-refractivity contribution in [3.63, 3.8) is 0 Å². The van der Waals surface area contributed by atoms with Crippen molar-refractivity contribution in [1.29, 1.82) is 0 Å². The summed E-state index contributed by atoms with van der Waals surface area (Å²) in [6, 6.07) is 3.29. The third-order valence-electron chi connectivity index (χ3n) is 2.82. The predicted molar refractivity (Wildman–Crippen MR) is 72.3 cm³/mol. The van der Waals surface area contributed by atoms with E-state index in [9.17, 15) is 14.7 Å². The minimum absolute atomic E-state index is 0.0991. The summed E-state index contributed by atoms with van der Waals surface area (Å²) < 4.78 is 4.80. The minimum atomic E-state index is -0.665. The van der Waals surface area contributed by atoms with Gasteiger partial charge in [0.15, 0.2) is 5.78 Å². The third-order valence-corrected chi connectivity index (χ3v) is 2.82. The summed E-state index contributed by atoms with van der Waals surface area (Å²) in [7, 11) is 0. The monoisotopic (exact) mass is 262 g/mol. The molecule has 0 radical (unpaired) electrons. The first-order chi connectivity index (χ1) is 8.88. The van der Waals surface area contributed by atoms with Crippen molar-refractivity contribution < 1.29 is 19.4 Å². The van der Waals surface area contributed by atoms with Crippen molar-refractivity contribution in [3.05, 3.63) is 46.4 Å². The molecule has 0 unspecified atom stereocenters. The summed E-state index contributed by atoms with van der Waals surface area (Å²) in [5, 5.41) is 9.36. The van der Waals surface area contributed by atoms with Crippen LogP contribution in [0, 0.1) is 13.8 Å². The molecule has 1 aromatic carbocycles. The Morgan fingerprint density at radius 2 is 1.95 bits per heavy atom. The smallest absolute Gasteiger partial charge is 0.346 e. The van der Waals surface area contributed by atoms with Crippen molar-refractivity contribution in [2.24, 2.45) is 0 Å². The van der Waals surface area contributed by atoms with Gasteiger partial charge in [0.1, 0.15) is 0 Å². The quantitative estimate of drug-likeness (QED) is 0.512. The molecular formula is C15H18O4. The standard InChI is InChI=1S/C15H18O4/c1-5-6-13(17)19-15(18)12-8-7-9(2)14(10(12)3)11(4)16/h6-8,17H,5H2,1-4H3. The van der Waals surface area contributed by atoms with E-state index >= 15 is 0 Å². The number of Topliss-reactive ketones (excluding diaryl/α,β-unsaturated/α-hetero) is 1. The normalized spacial score (nSPS) is 11.3. The molecule has 0 aromatic heterocycles. The fraction of sp³-hybridized carbons (Fsp3) is 0.333. The van der Waals surface area contributed by atoms with Gasteiger partial charge >= 0.3 is 5.97 Å². The predicted octanol–water partition coefficient (Wildman–Crippen LogP) is 3.47. The number of hydrogen-bond acceptors (Lipinski definition) is 4.